The fourth-order valence-corrected chi connectivity index (χ4v) is 1.08. The molecule has 0 saturated carbocycles. The van der Waals surface area contributed by atoms with E-state index in [0.29, 0.717) is 6.54 Å². The molecular formula is C11H23N3O2. The van der Waals surface area contributed by atoms with Gasteiger partial charge in [0.15, 0.2) is 0 Å². The largest absolute Gasteiger partial charge is 0.355 e. The molecule has 16 heavy (non-hydrogen) atoms. The molecule has 5 nitrogen and oxygen atoms in total. The number of likely N-dealkylation sites (N-methyl/N-ethyl adjacent to an activating group) is 1. The highest BCUT2D eigenvalue weighted by Crippen LogP contribution is 1.99. The Morgan fingerprint density at radius 1 is 1.25 bits per heavy atom. The van der Waals surface area contributed by atoms with E-state index in [1.165, 1.54) is 0 Å². The minimum Gasteiger partial charge on any atom is -0.355 e. The molecule has 94 valence electrons. The quantitative estimate of drug-likeness (QED) is 0.622. The van der Waals surface area contributed by atoms with Gasteiger partial charge in [-0.1, -0.05) is 0 Å². The van der Waals surface area contributed by atoms with Crippen LogP contribution in [0.5, 0.6) is 0 Å². The van der Waals surface area contributed by atoms with Gasteiger partial charge in [-0.2, -0.15) is 0 Å². The summed E-state index contributed by atoms with van der Waals surface area (Å²) in [6, 6.07) is -0.373. The van der Waals surface area contributed by atoms with Crippen LogP contribution in [-0.2, 0) is 9.59 Å². The van der Waals surface area contributed by atoms with Crippen molar-refractivity contribution >= 4 is 11.8 Å². The lowest BCUT2D eigenvalue weighted by Crippen LogP contribution is -2.51. The lowest BCUT2D eigenvalue weighted by Gasteiger charge is -2.23. The van der Waals surface area contributed by atoms with Crippen molar-refractivity contribution in [1.82, 2.24) is 16.0 Å². The van der Waals surface area contributed by atoms with E-state index < -0.39 is 0 Å². The van der Waals surface area contributed by atoms with E-state index in [0.717, 1.165) is 0 Å². The van der Waals surface area contributed by atoms with Crippen molar-refractivity contribution in [2.45, 2.75) is 46.2 Å². The van der Waals surface area contributed by atoms with E-state index in [4.69, 9.17) is 0 Å². The molecule has 0 aliphatic rings. The second-order valence-electron chi connectivity index (χ2n) is 4.80. The highest BCUT2D eigenvalue weighted by molar-refractivity contribution is 5.83. The molecule has 2 amide bonds. The summed E-state index contributed by atoms with van der Waals surface area (Å²) >= 11 is 0. The van der Waals surface area contributed by atoms with Crippen LogP contribution in [0.25, 0.3) is 0 Å². The van der Waals surface area contributed by atoms with Crippen molar-refractivity contribution in [3.8, 4) is 0 Å². The highest BCUT2D eigenvalue weighted by Gasteiger charge is 2.19. The third-order valence-corrected chi connectivity index (χ3v) is 1.83. The van der Waals surface area contributed by atoms with E-state index >= 15 is 0 Å². The van der Waals surface area contributed by atoms with Crippen molar-refractivity contribution < 1.29 is 9.59 Å². The maximum Gasteiger partial charge on any atom is 0.237 e. The molecule has 0 saturated heterocycles. The zero-order valence-electron chi connectivity index (χ0n) is 10.8. The van der Waals surface area contributed by atoms with Crippen LogP contribution in [0.1, 0.15) is 34.6 Å². The Morgan fingerprint density at radius 2 is 1.81 bits per heavy atom. The van der Waals surface area contributed by atoms with Crippen molar-refractivity contribution in [3.05, 3.63) is 0 Å². The molecule has 0 aromatic rings. The van der Waals surface area contributed by atoms with E-state index in [1.54, 1.807) is 6.92 Å². The second-order valence-corrected chi connectivity index (χ2v) is 4.80. The van der Waals surface area contributed by atoms with E-state index in [2.05, 4.69) is 16.0 Å². The van der Waals surface area contributed by atoms with Crippen molar-refractivity contribution in [2.75, 3.05) is 13.1 Å². The predicted octanol–water partition coefficient (Wildman–Crippen LogP) is 0.0153. The van der Waals surface area contributed by atoms with Gasteiger partial charge in [-0.3, -0.25) is 14.9 Å². The van der Waals surface area contributed by atoms with Crippen LogP contribution < -0.4 is 16.0 Å². The molecule has 3 N–H and O–H groups in total. The number of hydrogen-bond acceptors (Lipinski definition) is 3. The summed E-state index contributed by atoms with van der Waals surface area (Å²) < 4.78 is 0. The minimum atomic E-state index is -0.373. The molecule has 5 heteroatoms. The molecule has 0 spiro atoms. The van der Waals surface area contributed by atoms with Crippen LogP contribution in [0.4, 0.5) is 0 Å². The topological polar surface area (TPSA) is 70.2 Å². The first kappa shape index (κ1) is 14.9. The van der Waals surface area contributed by atoms with E-state index in [9.17, 15) is 9.59 Å². The standard InChI is InChI=1S/C11H23N3O2/c1-6-12-9(15)7-13-8(2)10(16)14-11(3,4)5/h8,13H,6-7H2,1-5H3,(H,12,15)(H,14,16). The average Bonchev–Trinajstić information content (AvgIpc) is 2.11. The van der Waals surface area contributed by atoms with Crippen LogP contribution >= 0.6 is 0 Å². The van der Waals surface area contributed by atoms with Crippen molar-refractivity contribution in [2.24, 2.45) is 0 Å². The summed E-state index contributed by atoms with van der Waals surface area (Å²) in [5.41, 5.74) is -0.251. The van der Waals surface area contributed by atoms with E-state index in [1.807, 2.05) is 27.7 Å². The summed E-state index contributed by atoms with van der Waals surface area (Å²) in [5.74, 6) is -0.199. The summed E-state index contributed by atoms with van der Waals surface area (Å²) in [7, 11) is 0. The molecule has 0 rings (SSSR count). The van der Waals surface area contributed by atoms with Crippen LogP contribution in [0.3, 0.4) is 0 Å². The Kier molecular flexibility index (Phi) is 6.03. The summed E-state index contributed by atoms with van der Waals surface area (Å²) in [4.78, 5) is 22.8. The average molecular weight is 229 g/mol. The molecule has 0 heterocycles. The van der Waals surface area contributed by atoms with Gasteiger partial charge in [0, 0.05) is 12.1 Å². The van der Waals surface area contributed by atoms with Crippen LogP contribution in [0, 0.1) is 0 Å². The van der Waals surface area contributed by atoms with Gasteiger partial charge in [0.25, 0.3) is 0 Å². The molecule has 0 aromatic heterocycles. The fourth-order valence-electron chi connectivity index (χ4n) is 1.08. The normalized spacial score (nSPS) is 13.1. The Morgan fingerprint density at radius 3 is 2.25 bits per heavy atom. The number of carbonyl (C=O) groups is 2. The first-order chi connectivity index (χ1) is 7.26. The summed E-state index contributed by atoms with van der Waals surface area (Å²) in [5, 5.41) is 8.36. The smallest absolute Gasteiger partial charge is 0.237 e. The molecule has 0 radical (unpaired) electrons. The highest BCUT2D eigenvalue weighted by atomic mass is 16.2. The molecular weight excluding hydrogens is 206 g/mol. The molecule has 0 bridgehead atoms. The van der Waals surface area contributed by atoms with Crippen molar-refractivity contribution in [3.63, 3.8) is 0 Å². The number of nitrogens with one attached hydrogen (secondary N) is 3. The molecule has 1 atom stereocenters. The molecule has 0 aromatic carbocycles. The SMILES string of the molecule is CCNC(=O)CNC(C)C(=O)NC(C)(C)C. The van der Waals surface area contributed by atoms with Gasteiger partial charge in [0.1, 0.15) is 0 Å². The van der Waals surface area contributed by atoms with Gasteiger partial charge in [-0.15, -0.1) is 0 Å². The van der Waals surface area contributed by atoms with Crippen LogP contribution in [-0.4, -0.2) is 36.5 Å². The van der Waals surface area contributed by atoms with Crippen molar-refractivity contribution in [1.29, 1.82) is 0 Å². The number of carbonyl (C=O) groups excluding carboxylic acids is 2. The van der Waals surface area contributed by atoms with Gasteiger partial charge < -0.3 is 10.6 Å². The number of amides is 2. The number of hydrogen-bond donors (Lipinski definition) is 3. The Bertz CT molecular complexity index is 246. The van der Waals surface area contributed by atoms with Crippen LogP contribution in [0.15, 0.2) is 0 Å². The van der Waals surface area contributed by atoms with Gasteiger partial charge in [-0.25, -0.2) is 0 Å². The maximum atomic E-state index is 11.6. The minimum absolute atomic E-state index is 0.0992. The summed E-state index contributed by atoms with van der Waals surface area (Å²) in [6.45, 7) is 10.1. The zero-order chi connectivity index (χ0) is 12.8. The molecule has 1 unspecified atom stereocenters. The Labute approximate surface area is 97.4 Å². The molecule has 0 aliphatic carbocycles. The van der Waals surface area contributed by atoms with Crippen LogP contribution in [0.2, 0.25) is 0 Å². The van der Waals surface area contributed by atoms with Gasteiger partial charge in [0.2, 0.25) is 11.8 Å². The first-order valence-electron chi connectivity index (χ1n) is 5.58. The van der Waals surface area contributed by atoms with Gasteiger partial charge >= 0.3 is 0 Å². The molecule has 0 fully saturated rings. The van der Waals surface area contributed by atoms with E-state index in [-0.39, 0.29) is 29.9 Å². The second kappa shape index (κ2) is 6.48. The fraction of sp³-hybridized carbons (Fsp3) is 0.818. The lowest BCUT2D eigenvalue weighted by molar-refractivity contribution is -0.124. The third-order valence-electron chi connectivity index (χ3n) is 1.83. The third kappa shape index (κ3) is 7.23. The summed E-state index contributed by atoms with van der Waals surface area (Å²) in [6.07, 6.45) is 0. The Balaban J connectivity index is 3.93. The zero-order valence-corrected chi connectivity index (χ0v) is 10.8. The first-order valence-corrected chi connectivity index (χ1v) is 5.58. The predicted molar refractivity (Wildman–Crippen MR) is 64.0 cm³/mol. The maximum absolute atomic E-state index is 11.6. The number of rotatable bonds is 5. The lowest BCUT2D eigenvalue weighted by atomic mass is 10.1. The molecule has 0 aliphatic heterocycles. The van der Waals surface area contributed by atoms with Gasteiger partial charge in [0.05, 0.1) is 12.6 Å². The Hall–Kier alpha value is -1.10. The van der Waals surface area contributed by atoms with Gasteiger partial charge in [-0.05, 0) is 34.6 Å². The monoisotopic (exact) mass is 229 g/mol.